The minimum Gasteiger partial charge on any atom is -0.261 e. The molecule has 0 unspecified atom stereocenters. The summed E-state index contributed by atoms with van der Waals surface area (Å²) in [5.41, 5.74) is 11.5. The largest absolute Gasteiger partial charge is 0.261 e. The summed E-state index contributed by atoms with van der Waals surface area (Å²) in [6, 6.07) is 46.5. The molecule has 0 amide bonds. The van der Waals surface area contributed by atoms with Crippen LogP contribution >= 0.6 is 0 Å². The van der Waals surface area contributed by atoms with Gasteiger partial charge in [-0.3, -0.25) is 4.98 Å². The van der Waals surface area contributed by atoms with Crippen molar-refractivity contribution in [2.45, 2.75) is 19.8 Å². The summed E-state index contributed by atoms with van der Waals surface area (Å²) in [7, 11) is 0. The average molecular weight is 550 g/mol. The first-order chi connectivity index (χ1) is 21.3. The summed E-state index contributed by atoms with van der Waals surface area (Å²) in [5, 5.41) is 7.78. The van der Waals surface area contributed by atoms with E-state index in [9.17, 15) is 0 Å². The first-order valence-electron chi connectivity index (χ1n) is 15.1. The van der Waals surface area contributed by atoms with Gasteiger partial charge in [0.15, 0.2) is 0 Å². The highest BCUT2D eigenvalue weighted by atomic mass is 14.7. The summed E-state index contributed by atoms with van der Waals surface area (Å²) < 4.78 is 0. The molecule has 1 aromatic heterocycles. The number of aryl methyl sites for hydroxylation is 1. The van der Waals surface area contributed by atoms with E-state index >= 15 is 0 Å². The molecule has 1 aliphatic carbocycles. The highest BCUT2D eigenvalue weighted by Gasteiger charge is 2.20. The number of hydrogen-bond donors (Lipinski definition) is 0. The molecule has 1 heteroatoms. The van der Waals surface area contributed by atoms with Gasteiger partial charge >= 0.3 is 0 Å². The van der Waals surface area contributed by atoms with Gasteiger partial charge in [0.2, 0.25) is 0 Å². The zero-order valence-electron chi connectivity index (χ0n) is 24.2. The summed E-state index contributed by atoms with van der Waals surface area (Å²) in [6.45, 7) is 2.04. The second-order valence-corrected chi connectivity index (χ2v) is 11.5. The maximum absolute atomic E-state index is 4.53. The Labute approximate surface area is 252 Å². The van der Waals surface area contributed by atoms with Crippen molar-refractivity contribution in [2.75, 3.05) is 0 Å². The molecule has 0 fully saturated rings. The van der Waals surface area contributed by atoms with E-state index in [1.807, 2.05) is 13.1 Å². The van der Waals surface area contributed by atoms with Crippen molar-refractivity contribution in [3.63, 3.8) is 0 Å². The van der Waals surface area contributed by atoms with Crippen LogP contribution in [0.2, 0.25) is 0 Å². The van der Waals surface area contributed by atoms with Gasteiger partial charge in [0.05, 0.1) is 0 Å². The molecule has 43 heavy (non-hydrogen) atoms. The first-order valence-corrected chi connectivity index (χ1v) is 15.1. The number of rotatable bonds is 4. The van der Waals surface area contributed by atoms with Crippen LogP contribution in [0.15, 0.2) is 146 Å². The van der Waals surface area contributed by atoms with Crippen molar-refractivity contribution >= 4 is 43.5 Å². The molecule has 1 heterocycles. The molecule has 0 saturated heterocycles. The van der Waals surface area contributed by atoms with E-state index in [4.69, 9.17) is 0 Å². The lowest BCUT2D eigenvalue weighted by molar-refractivity contribution is 1.07. The molecule has 0 saturated carbocycles. The molecular formula is C42H31N. The Morgan fingerprint density at radius 1 is 0.419 bits per heavy atom. The maximum atomic E-state index is 4.53. The Bertz CT molecular complexity index is 2160. The van der Waals surface area contributed by atoms with Gasteiger partial charge in [0.1, 0.15) is 0 Å². The van der Waals surface area contributed by atoms with Crippen LogP contribution < -0.4 is 0 Å². The van der Waals surface area contributed by atoms with Crippen LogP contribution in [-0.4, -0.2) is 4.98 Å². The van der Waals surface area contributed by atoms with E-state index in [-0.39, 0.29) is 0 Å². The van der Waals surface area contributed by atoms with Crippen LogP contribution in [0.4, 0.5) is 0 Å². The van der Waals surface area contributed by atoms with Crippen LogP contribution in [0.5, 0.6) is 0 Å². The van der Waals surface area contributed by atoms with Gasteiger partial charge in [-0.2, -0.15) is 0 Å². The van der Waals surface area contributed by atoms with E-state index in [1.165, 1.54) is 76.8 Å². The van der Waals surface area contributed by atoms with Crippen molar-refractivity contribution in [3.05, 3.63) is 163 Å². The van der Waals surface area contributed by atoms with Crippen LogP contribution in [0.3, 0.4) is 0 Å². The topological polar surface area (TPSA) is 12.9 Å². The molecule has 1 nitrogen and oxygen atoms in total. The summed E-state index contributed by atoms with van der Waals surface area (Å²) in [6.07, 6.45) is 8.66. The second-order valence-electron chi connectivity index (χ2n) is 11.5. The number of benzene rings is 6. The van der Waals surface area contributed by atoms with E-state index < -0.39 is 0 Å². The fraction of sp³-hybridized carbons (Fsp3) is 0.0714. The van der Waals surface area contributed by atoms with Gasteiger partial charge in [-0.15, -0.1) is 0 Å². The molecule has 0 spiro atoms. The summed E-state index contributed by atoms with van der Waals surface area (Å²) >= 11 is 0. The third kappa shape index (κ3) is 4.37. The Morgan fingerprint density at radius 3 is 1.56 bits per heavy atom. The van der Waals surface area contributed by atoms with Crippen molar-refractivity contribution in [3.8, 4) is 22.3 Å². The molecule has 0 aliphatic heterocycles. The quantitative estimate of drug-likeness (QED) is 0.199. The fourth-order valence-electron chi connectivity index (χ4n) is 6.91. The van der Waals surface area contributed by atoms with Crippen LogP contribution in [0.1, 0.15) is 29.7 Å². The molecule has 1 aliphatic rings. The van der Waals surface area contributed by atoms with Crippen molar-refractivity contribution in [1.29, 1.82) is 0 Å². The predicted molar refractivity (Wildman–Crippen MR) is 184 cm³/mol. The number of allylic oxidation sites excluding steroid dienone is 4. The normalized spacial score (nSPS) is 13.3. The minimum absolute atomic E-state index is 1.00. The van der Waals surface area contributed by atoms with Crippen LogP contribution in [0.25, 0.3) is 65.7 Å². The molecule has 6 aromatic carbocycles. The van der Waals surface area contributed by atoms with Crippen LogP contribution in [0, 0.1) is 6.92 Å². The smallest absolute Gasteiger partial charge is 0.0373 e. The van der Waals surface area contributed by atoms with Crippen molar-refractivity contribution in [1.82, 2.24) is 4.98 Å². The zero-order chi connectivity index (χ0) is 28.8. The summed E-state index contributed by atoms with van der Waals surface area (Å²) in [5.74, 6) is 0. The molecule has 204 valence electrons. The molecule has 0 N–H and O–H groups in total. The number of fused-ring (bicyclic) bond motifs is 3. The lowest BCUT2D eigenvalue weighted by atomic mass is 9.81. The minimum atomic E-state index is 1.00. The van der Waals surface area contributed by atoms with Crippen molar-refractivity contribution in [2.24, 2.45) is 0 Å². The average Bonchev–Trinajstić information content (AvgIpc) is 3.07. The van der Waals surface area contributed by atoms with Gasteiger partial charge in [0.25, 0.3) is 0 Å². The highest BCUT2D eigenvalue weighted by Crippen LogP contribution is 2.46. The predicted octanol–water partition coefficient (Wildman–Crippen LogP) is 11.4. The lowest BCUT2D eigenvalue weighted by Gasteiger charge is -2.22. The SMILES string of the molecule is Cc1ccc(C2=CC=C(c3c4ccccc4c(-c4cccc5c(-c6ccccc6)cccc45)c4ccccc34)CC2)cn1. The van der Waals surface area contributed by atoms with E-state index in [0.29, 0.717) is 0 Å². The maximum Gasteiger partial charge on any atom is 0.0373 e. The Hall–Kier alpha value is -5.27. The Morgan fingerprint density at radius 2 is 0.953 bits per heavy atom. The molecule has 0 bridgehead atoms. The lowest BCUT2D eigenvalue weighted by Crippen LogP contribution is -1.98. The third-order valence-electron chi connectivity index (χ3n) is 8.96. The molecule has 8 rings (SSSR count). The van der Waals surface area contributed by atoms with Crippen molar-refractivity contribution < 1.29 is 0 Å². The van der Waals surface area contributed by atoms with E-state index in [0.717, 1.165) is 18.5 Å². The van der Waals surface area contributed by atoms with Gasteiger partial charge in [-0.1, -0.05) is 133 Å². The van der Waals surface area contributed by atoms with Crippen LogP contribution in [-0.2, 0) is 0 Å². The van der Waals surface area contributed by atoms with E-state index in [1.54, 1.807) is 0 Å². The molecular weight excluding hydrogens is 518 g/mol. The molecule has 0 radical (unpaired) electrons. The Balaban J connectivity index is 1.37. The second kappa shape index (κ2) is 10.5. The standard InChI is InChI=1S/C42H31N/c1-28-21-22-32(27-43-28)29-23-25-31(26-24-29)41-37-13-5-7-15-39(37)42(40-16-8-6-14-38(40)41)36-20-10-18-34-33(17-9-19-35(34)36)30-11-3-2-4-12-30/h2-23,25,27H,24,26H2,1H3. The number of aromatic nitrogens is 1. The highest BCUT2D eigenvalue weighted by molar-refractivity contribution is 6.22. The third-order valence-corrected chi connectivity index (χ3v) is 8.96. The summed E-state index contributed by atoms with van der Waals surface area (Å²) in [4.78, 5) is 4.53. The molecule has 0 atom stereocenters. The molecule has 7 aromatic rings. The number of pyridine rings is 1. The first kappa shape index (κ1) is 25.4. The number of hydrogen-bond acceptors (Lipinski definition) is 1. The Kier molecular flexibility index (Phi) is 6.23. The monoisotopic (exact) mass is 549 g/mol. The number of nitrogens with zero attached hydrogens (tertiary/aromatic N) is 1. The van der Waals surface area contributed by atoms with Gasteiger partial charge in [-0.25, -0.2) is 0 Å². The van der Waals surface area contributed by atoms with Gasteiger partial charge in [-0.05, 0) is 103 Å². The fourth-order valence-corrected chi connectivity index (χ4v) is 6.91. The van der Waals surface area contributed by atoms with E-state index in [2.05, 4.69) is 145 Å². The van der Waals surface area contributed by atoms with Gasteiger partial charge in [0, 0.05) is 11.9 Å². The zero-order valence-corrected chi connectivity index (χ0v) is 24.2. The van der Waals surface area contributed by atoms with Gasteiger partial charge < -0.3 is 0 Å².